The summed E-state index contributed by atoms with van der Waals surface area (Å²) >= 11 is 0. The number of benzene rings is 1. The quantitative estimate of drug-likeness (QED) is 0.843. The topological polar surface area (TPSA) is 40.7 Å². The molecule has 2 heterocycles. The second kappa shape index (κ2) is 4.72. The summed E-state index contributed by atoms with van der Waals surface area (Å²) in [7, 11) is 0. The Labute approximate surface area is 101 Å². The molecule has 0 spiro atoms. The highest BCUT2D eigenvalue weighted by atomic mass is 15.1. The van der Waals surface area contributed by atoms with Gasteiger partial charge in [0.2, 0.25) is 0 Å². The first kappa shape index (κ1) is 10.5. The van der Waals surface area contributed by atoms with Crippen LogP contribution in [0.1, 0.15) is 29.2 Å². The lowest BCUT2D eigenvalue weighted by molar-refractivity contribution is 0.721. The molecule has 1 unspecified atom stereocenters. The van der Waals surface area contributed by atoms with Crippen molar-refractivity contribution in [3.8, 4) is 0 Å². The molecule has 17 heavy (non-hydrogen) atoms. The van der Waals surface area contributed by atoms with Crippen LogP contribution in [0.4, 0.5) is 0 Å². The first-order valence-corrected chi connectivity index (χ1v) is 6.20. The zero-order valence-electron chi connectivity index (χ0n) is 9.82. The van der Waals surface area contributed by atoms with E-state index in [1.165, 1.54) is 23.2 Å². The predicted octanol–water partition coefficient (Wildman–Crippen LogP) is 2.08. The van der Waals surface area contributed by atoms with Gasteiger partial charge >= 0.3 is 0 Å². The van der Waals surface area contributed by atoms with E-state index in [-0.39, 0.29) is 0 Å². The Morgan fingerprint density at radius 1 is 1.24 bits per heavy atom. The van der Waals surface area contributed by atoms with Crippen LogP contribution in [0.2, 0.25) is 0 Å². The van der Waals surface area contributed by atoms with Crippen molar-refractivity contribution in [3.63, 3.8) is 0 Å². The lowest BCUT2D eigenvalue weighted by atomic mass is 9.97. The number of nitrogens with one attached hydrogen (secondary N) is 2. The lowest BCUT2D eigenvalue weighted by Crippen LogP contribution is -2.09. The summed E-state index contributed by atoms with van der Waals surface area (Å²) in [5.74, 6) is 0.608. The minimum atomic E-state index is 0.608. The van der Waals surface area contributed by atoms with Crippen molar-refractivity contribution in [2.75, 3.05) is 13.1 Å². The van der Waals surface area contributed by atoms with E-state index in [1.54, 1.807) is 0 Å². The normalized spacial score (nSPS) is 19.6. The van der Waals surface area contributed by atoms with Gasteiger partial charge in [0.25, 0.3) is 0 Å². The molecule has 3 nitrogen and oxygen atoms in total. The monoisotopic (exact) mass is 227 g/mol. The Morgan fingerprint density at radius 2 is 2.12 bits per heavy atom. The van der Waals surface area contributed by atoms with Gasteiger partial charge in [0.1, 0.15) is 0 Å². The van der Waals surface area contributed by atoms with Crippen molar-refractivity contribution in [3.05, 3.63) is 53.3 Å². The van der Waals surface area contributed by atoms with Gasteiger partial charge in [-0.3, -0.25) is 5.10 Å². The molecule has 0 bridgehead atoms. The Hall–Kier alpha value is -1.61. The van der Waals surface area contributed by atoms with Gasteiger partial charge in [-0.05, 0) is 24.1 Å². The van der Waals surface area contributed by atoms with Crippen LogP contribution in [0.15, 0.2) is 36.5 Å². The SMILES string of the molecule is c1ccc(Cc2cn[nH]c2C2CCNC2)cc1. The molecule has 0 radical (unpaired) electrons. The number of rotatable bonds is 3. The summed E-state index contributed by atoms with van der Waals surface area (Å²) in [5, 5.41) is 10.8. The van der Waals surface area contributed by atoms with E-state index >= 15 is 0 Å². The summed E-state index contributed by atoms with van der Waals surface area (Å²) in [5.41, 5.74) is 4.00. The Bertz CT molecular complexity index is 469. The molecule has 88 valence electrons. The summed E-state index contributed by atoms with van der Waals surface area (Å²) in [6, 6.07) is 10.6. The number of nitrogens with zero attached hydrogens (tertiary/aromatic N) is 1. The molecule has 1 aliphatic heterocycles. The van der Waals surface area contributed by atoms with Crippen molar-refractivity contribution in [2.24, 2.45) is 0 Å². The van der Waals surface area contributed by atoms with E-state index in [4.69, 9.17) is 0 Å². The Balaban J connectivity index is 1.81. The summed E-state index contributed by atoms with van der Waals surface area (Å²) in [4.78, 5) is 0. The maximum absolute atomic E-state index is 4.21. The van der Waals surface area contributed by atoms with Crippen LogP contribution in [0.5, 0.6) is 0 Å². The third kappa shape index (κ3) is 2.24. The Morgan fingerprint density at radius 3 is 2.88 bits per heavy atom. The molecule has 1 aliphatic rings. The first-order chi connectivity index (χ1) is 8.43. The predicted molar refractivity (Wildman–Crippen MR) is 68.1 cm³/mol. The van der Waals surface area contributed by atoms with Gasteiger partial charge in [0.15, 0.2) is 0 Å². The number of aromatic nitrogens is 2. The molecule has 0 aliphatic carbocycles. The smallest absolute Gasteiger partial charge is 0.0525 e. The van der Waals surface area contributed by atoms with Crippen molar-refractivity contribution >= 4 is 0 Å². The van der Waals surface area contributed by atoms with Gasteiger partial charge in [0.05, 0.1) is 6.20 Å². The molecule has 3 heteroatoms. The number of hydrogen-bond donors (Lipinski definition) is 2. The van der Waals surface area contributed by atoms with Gasteiger partial charge in [-0.1, -0.05) is 30.3 Å². The fourth-order valence-corrected chi connectivity index (χ4v) is 2.53. The molecule has 1 aromatic carbocycles. The van der Waals surface area contributed by atoms with E-state index < -0.39 is 0 Å². The molecule has 2 N–H and O–H groups in total. The number of H-pyrrole nitrogens is 1. The maximum Gasteiger partial charge on any atom is 0.0525 e. The van der Waals surface area contributed by atoms with Crippen LogP contribution in [0.25, 0.3) is 0 Å². The maximum atomic E-state index is 4.21. The minimum Gasteiger partial charge on any atom is -0.316 e. The molecular weight excluding hydrogens is 210 g/mol. The highest BCUT2D eigenvalue weighted by molar-refractivity contribution is 5.29. The second-order valence-electron chi connectivity index (χ2n) is 4.66. The third-order valence-corrected chi connectivity index (χ3v) is 3.46. The lowest BCUT2D eigenvalue weighted by Gasteiger charge is -2.09. The largest absolute Gasteiger partial charge is 0.316 e. The summed E-state index contributed by atoms with van der Waals surface area (Å²) in [6.07, 6.45) is 4.16. The zero-order valence-corrected chi connectivity index (χ0v) is 9.82. The highest BCUT2D eigenvalue weighted by Crippen LogP contribution is 2.24. The van der Waals surface area contributed by atoms with E-state index in [1.807, 2.05) is 6.20 Å². The molecule has 1 fully saturated rings. The minimum absolute atomic E-state index is 0.608. The first-order valence-electron chi connectivity index (χ1n) is 6.20. The van der Waals surface area contributed by atoms with Crippen LogP contribution in [0.3, 0.4) is 0 Å². The molecule has 0 amide bonds. The molecule has 1 saturated heterocycles. The molecule has 1 aromatic heterocycles. The van der Waals surface area contributed by atoms with Crippen LogP contribution < -0.4 is 5.32 Å². The van der Waals surface area contributed by atoms with Crippen LogP contribution in [-0.4, -0.2) is 23.3 Å². The van der Waals surface area contributed by atoms with E-state index in [0.717, 1.165) is 19.5 Å². The molecule has 3 rings (SSSR count). The van der Waals surface area contributed by atoms with Gasteiger partial charge in [-0.15, -0.1) is 0 Å². The van der Waals surface area contributed by atoms with Crippen molar-refractivity contribution < 1.29 is 0 Å². The standard InChI is InChI=1S/C14H17N3/c1-2-4-11(5-3-1)8-13-10-16-17-14(13)12-6-7-15-9-12/h1-5,10,12,15H,6-9H2,(H,16,17). The van der Waals surface area contributed by atoms with Gasteiger partial charge in [0, 0.05) is 24.6 Å². The van der Waals surface area contributed by atoms with Crippen LogP contribution >= 0.6 is 0 Å². The second-order valence-corrected chi connectivity index (χ2v) is 4.66. The average Bonchev–Trinajstić information content (AvgIpc) is 3.00. The van der Waals surface area contributed by atoms with Crippen LogP contribution in [-0.2, 0) is 6.42 Å². The van der Waals surface area contributed by atoms with Crippen molar-refractivity contribution in [1.29, 1.82) is 0 Å². The fourth-order valence-electron chi connectivity index (χ4n) is 2.53. The number of aromatic amines is 1. The molecule has 2 aromatic rings. The van der Waals surface area contributed by atoms with E-state index in [2.05, 4.69) is 45.8 Å². The fraction of sp³-hybridized carbons (Fsp3) is 0.357. The van der Waals surface area contributed by atoms with E-state index in [9.17, 15) is 0 Å². The Kier molecular flexibility index (Phi) is 2.92. The van der Waals surface area contributed by atoms with Gasteiger partial charge in [-0.2, -0.15) is 5.10 Å². The molecule has 0 saturated carbocycles. The van der Waals surface area contributed by atoms with Gasteiger partial charge < -0.3 is 5.32 Å². The summed E-state index contributed by atoms with van der Waals surface area (Å²) < 4.78 is 0. The van der Waals surface area contributed by atoms with Crippen molar-refractivity contribution in [1.82, 2.24) is 15.5 Å². The number of hydrogen-bond acceptors (Lipinski definition) is 2. The molecule has 1 atom stereocenters. The highest BCUT2D eigenvalue weighted by Gasteiger charge is 2.21. The van der Waals surface area contributed by atoms with Crippen molar-refractivity contribution in [2.45, 2.75) is 18.8 Å². The third-order valence-electron chi connectivity index (χ3n) is 3.46. The van der Waals surface area contributed by atoms with Gasteiger partial charge in [-0.25, -0.2) is 0 Å². The summed E-state index contributed by atoms with van der Waals surface area (Å²) in [6.45, 7) is 2.19. The average molecular weight is 227 g/mol. The molecular formula is C14H17N3. The van der Waals surface area contributed by atoms with Crippen LogP contribution in [0, 0.1) is 0 Å². The van der Waals surface area contributed by atoms with E-state index in [0.29, 0.717) is 5.92 Å². The zero-order chi connectivity index (χ0) is 11.5.